The zero-order chi connectivity index (χ0) is 7.98. The summed E-state index contributed by atoms with van der Waals surface area (Å²) >= 11 is 8.56. The van der Waals surface area contributed by atoms with Gasteiger partial charge in [-0.25, -0.2) is 9.68 Å². The molecule has 0 spiro atoms. The molecule has 0 aromatic carbocycles. The van der Waals surface area contributed by atoms with Crippen LogP contribution in [0.4, 0.5) is 0 Å². The Kier molecular flexibility index (Phi) is 6.00. The number of hydrogen-bond donors (Lipinski definition) is 1. The molecule has 0 aliphatic rings. The molecule has 0 aliphatic carbocycles. The van der Waals surface area contributed by atoms with Gasteiger partial charge in [-0.15, -0.1) is 17.9 Å². The van der Waals surface area contributed by atoms with E-state index in [4.69, 9.17) is 9.68 Å². The van der Waals surface area contributed by atoms with Gasteiger partial charge in [-0.1, -0.05) is 0 Å². The fraction of sp³-hybridized carbons (Fsp3) is 0.800. The average molecular weight is 181 g/mol. The van der Waals surface area contributed by atoms with Gasteiger partial charge < -0.3 is 0 Å². The molecule has 0 aromatic rings. The third-order valence-corrected chi connectivity index (χ3v) is 0.961. The van der Waals surface area contributed by atoms with Gasteiger partial charge in [0.2, 0.25) is 0 Å². The van der Waals surface area contributed by atoms with E-state index in [0.29, 0.717) is 13.2 Å². The van der Waals surface area contributed by atoms with Crippen molar-refractivity contribution < 1.29 is 9.68 Å². The van der Waals surface area contributed by atoms with Crippen LogP contribution < -0.4 is 0 Å². The monoisotopic (exact) mass is 181 g/mol. The van der Waals surface area contributed by atoms with Crippen LogP contribution in [0.5, 0.6) is 0 Å². The van der Waals surface area contributed by atoms with Gasteiger partial charge in [0.25, 0.3) is 0 Å². The minimum Gasteiger partial charge on any atom is -0.248 e. The van der Waals surface area contributed by atoms with Crippen LogP contribution in [-0.2, 0) is 9.68 Å². The van der Waals surface area contributed by atoms with Gasteiger partial charge >= 0.3 is 0 Å². The highest BCUT2D eigenvalue weighted by Gasteiger charge is 2.03. The second-order valence-electron chi connectivity index (χ2n) is 1.38. The SMILES string of the molecule is CCON(OCC)C(=S)S. The lowest BCUT2D eigenvalue weighted by atomic mass is 10.9. The summed E-state index contributed by atoms with van der Waals surface area (Å²) in [6.07, 6.45) is 0. The Morgan fingerprint density at radius 2 is 1.80 bits per heavy atom. The van der Waals surface area contributed by atoms with Crippen LogP contribution >= 0.6 is 24.8 Å². The third-order valence-electron chi connectivity index (χ3n) is 0.649. The summed E-state index contributed by atoms with van der Waals surface area (Å²) in [6, 6.07) is 0. The molecule has 0 unspecified atom stereocenters. The van der Waals surface area contributed by atoms with E-state index in [1.165, 1.54) is 0 Å². The number of thiocarbonyl (C=S) groups is 1. The topological polar surface area (TPSA) is 21.7 Å². The van der Waals surface area contributed by atoms with Crippen LogP contribution in [0.25, 0.3) is 0 Å². The lowest BCUT2D eigenvalue weighted by Gasteiger charge is -2.18. The molecule has 0 aliphatic heterocycles. The summed E-state index contributed by atoms with van der Waals surface area (Å²) in [4.78, 5) is 9.87. The second kappa shape index (κ2) is 5.91. The molecule has 0 radical (unpaired) electrons. The third kappa shape index (κ3) is 4.05. The molecule has 0 fully saturated rings. The Labute approximate surface area is 71.6 Å². The molecular weight excluding hydrogens is 170 g/mol. The van der Waals surface area contributed by atoms with E-state index in [1.807, 2.05) is 13.8 Å². The van der Waals surface area contributed by atoms with E-state index in [1.54, 1.807) is 0 Å². The van der Waals surface area contributed by atoms with Crippen molar-refractivity contribution in [3.05, 3.63) is 0 Å². The number of rotatable bonds is 4. The molecule has 0 rings (SSSR count). The fourth-order valence-electron chi connectivity index (χ4n) is 0.382. The quantitative estimate of drug-likeness (QED) is 0.402. The Balaban J connectivity index is 3.61. The maximum absolute atomic E-state index is 4.94. The van der Waals surface area contributed by atoms with E-state index >= 15 is 0 Å². The number of thiol groups is 1. The van der Waals surface area contributed by atoms with Crippen molar-refractivity contribution in [1.29, 1.82) is 0 Å². The molecule has 0 N–H and O–H groups in total. The van der Waals surface area contributed by atoms with Gasteiger partial charge in [-0.05, 0) is 26.1 Å². The van der Waals surface area contributed by atoms with Gasteiger partial charge in [0.05, 0.1) is 13.2 Å². The smallest absolute Gasteiger partial charge is 0.188 e. The van der Waals surface area contributed by atoms with Crippen molar-refractivity contribution in [3.8, 4) is 0 Å². The molecule has 0 atom stereocenters. The van der Waals surface area contributed by atoms with Crippen molar-refractivity contribution >= 4 is 29.2 Å². The van der Waals surface area contributed by atoms with Gasteiger partial charge in [0.1, 0.15) is 0 Å². The van der Waals surface area contributed by atoms with Gasteiger partial charge in [0.15, 0.2) is 4.32 Å². The van der Waals surface area contributed by atoms with Crippen LogP contribution in [0.2, 0.25) is 0 Å². The normalized spacial score (nSPS) is 9.50. The highest BCUT2D eigenvalue weighted by molar-refractivity contribution is 8.10. The van der Waals surface area contributed by atoms with Crippen molar-refractivity contribution in [2.24, 2.45) is 0 Å². The predicted molar refractivity (Wildman–Crippen MR) is 46.7 cm³/mol. The summed E-state index contributed by atoms with van der Waals surface area (Å²) in [6.45, 7) is 4.72. The molecule has 0 heterocycles. The number of hydrogen-bond acceptors (Lipinski definition) is 3. The molecule has 0 aromatic heterocycles. The average Bonchev–Trinajstić information content (AvgIpc) is 1.87. The minimum absolute atomic E-state index is 0.281. The van der Waals surface area contributed by atoms with E-state index in [2.05, 4.69) is 24.8 Å². The lowest BCUT2D eigenvalue weighted by molar-refractivity contribution is -0.308. The molecule has 0 saturated carbocycles. The standard InChI is InChI=1S/C5H11NO2S2/c1-3-7-6(5(9)10)8-4-2/h3-4H2,1-2H3,(H,9,10). The van der Waals surface area contributed by atoms with Gasteiger partial charge in [-0.2, -0.15) is 0 Å². The first kappa shape index (κ1) is 10.2. The molecule has 60 valence electrons. The summed E-state index contributed by atoms with van der Waals surface area (Å²) in [5, 5.41) is 1.12. The largest absolute Gasteiger partial charge is 0.248 e. The van der Waals surface area contributed by atoms with Crippen molar-refractivity contribution in [2.45, 2.75) is 13.8 Å². The zero-order valence-corrected chi connectivity index (χ0v) is 7.74. The Hall–Kier alpha value is 0.160. The molecular formula is C5H11NO2S2. The first-order chi connectivity index (χ1) is 4.72. The van der Waals surface area contributed by atoms with E-state index < -0.39 is 0 Å². The van der Waals surface area contributed by atoms with Crippen molar-refractivity contribution in [3.63, 3.8) is 0 Å². The Bertz CT molecular complexity index is 104. The molecule has 0 saturated heterocycles. The van der Waals surface area contributed by atoms with Crippen LogP contribution in [0.15, 0.2) is 0 Å². The highest BCUT2D eigenvalue weighted by atomic mass is 32.1. The minimum atomic E-state index is 0.281. The molecule has 5 heteroatoms. The van der Waals surface area contributed by atoms with Gasteiger partial charge in [0, 0.05) is 0 Å². The highest BCUT2D eigenvalue weighted by Crippen LogP contribution is 1.98. The van der Waals surface area contributed by atoms with Crippen LogP contribution in [0.1, 0.15) is 13.8 Å². The van der Waals surface area contributed by atoms with Crippen molar-refractivity contribution in [1.82, 2.24) is 5.23 Å². The fourth-order valence-corrected chi connectivity index (χ4v) is 0.603. The van der Waals surface area contributed by atoms with Crippen LogP contribution in [0, 0.1) is 0 Å². The summed E-state index contributed by atoms with van der Waals surface area (Å²) < 4.78 is 0.281. The predicted octanol–water partition coefficient (Wildman–Crippen LogP) is 1.41. The molecule has 3 nitrogen and oxygen atoms in total. The van der Waals surface area contributed by atoms with Crippen molar-refractivity contribution in [2.75, 3.05) is 13.2 Å². The molecule has 10 heavy (non-hydrogen) atoms. The maximum Gasteiger partial charge on any atom is 0.188 e. The first-order valence-electron chi connectivity index (χ1n) is 3.01. The molecule has 0 bridgehead atoms. The van der Waals surface area contributed by atoms with Crippen LogP contribution in [-0.4, -0.2) is 22.8 Å². The second-order valence-corrected chi connectivity index (χ2v) is 2.49. The Morgan fingerprint density at radius 1 is 1.40 bits per heavy atom. The maximum atomic E-state index is 4.94. The van der Waals surface area contributed by atoms with E-state index in [0.717, 1.165) is 5.23 Å². The molecule has 0 amide bonds. The Morgan fingerprint density at radius 3 is 2.00 bits per heavy atom. The summed E-state index contributed by atoms with van der Waals surface area (Å²) in [7, 11) is 0. The summed E-state index contributed by atoms with van der Waals surface area (Å²) in [5.74, 6) is 0. The van der Waals surface area contributed by atoms with E-state index in [9.17, 15) is 0 Å². The van der Waals surface area contributed by atoms with E-state index in [-0.39, 0.29) is 4.32 Å². The lowest BCUT2D eigenvalue weighted by Crippen LogP contribution is -2.26. The summed E-state index contributed by atoms with van der Waals surface area (Å²) in [5.41, 5.74) is 0. The number of nitrogens with zero attached hydrogens (tertiary/aromatic N) is 1. The first-order valence-corrected chi connectivity index (χ1v) is 3.86. The zero-order valence-electron chi connectivity index (χ0n) is 6.03. The van der Waals surface area contributed by atoms with Crippen LogP contribution in [0.3, 0.4) is 0 Å². The van der Waals surface area contributed by atoms with Gasteiger partial charge in [-0.3, -0.25) is 0 Å². The number of hydroxylamine groups is 2.